The van der Waals surface area contributed by atoms with Gasteiger partial charge >= 0.3 is 0 Å². The highest BCUT2D eigenvalue weighted by molar-refractivity contribution is 6.07. The number of furan rings is 1. The van der Waals surface area contributed by atoms with Gasteiger partial charge in [-0.05, 0) is 38.1 Å². The zero-order valence-electron chi connectivity index (χ0n) is 13.9. The molecule has 3 heterocycles. The molecule has 0 bridgehead atoms. The van der Waals surface area contributed by atoms with Crippen molar-refractivity contribution in [2.75, 3.05) is 13.1 Å². The van der Waals surface area contributed by atoms with Crippen LogP contribution in [0, 0.1) is 6.92 Å². The normalized spacial score (nSPS) is 17.1. The van der Waals surface area contributed by atoms with Gasteiger partial charge in [-0.15, -0.1) is 0 Å². The molecule has 1 unspecified atom stereocenters. The van der Waals surface area contributed by atoms with Crippen molar-refractivity contribution in [1.29, 1.82) is 0 Å². The van der Waals surface area contributed by atoms with Gasteiger partial charge in [0.2, 0.25) is 0 Å². The molecule has 1 aliphatic heterocycles. The molecule has 25 heavy (non-hydrogen) atoms. The Bertz CT molecular complexity index is 879. The minimum Gasteiger partial charge on any atom is -0.486 e. The predicted molar refractivity (Wildman–Crippen MR) is 90.5 cm³/mol. The van der Waals surface area contributed by atoms with E-state index in [1.54, 1.807) is 13.1 Å². The lowest BCUT2D eigenvalue weighted by molar-refractivity contribution is 0.0940. The third-order valence-electron chi connectivity index (χ3n) is 4.32. The number of carbonyl (C=O) groups is 1. The number of benzene rings is 1. The number of aryl methyl sites for hydroxylation is 1. The Balaban J connectivity index is 1.58. The van der Waals surface area contributed by atoms with Crippen molar-refractivity contribution in [1.82, 2.24) is 15.6 Å². The third kappa shape index (κ3) is 3.23. The molecule has 1 aliphatic rings. The second-order valence-electron chi connectivity index (χ2n) is 6.11. The van der Waals surface area contributed by atoms with Crippen molar-refractivity contribution in [2.45, 2.75) is 26.0 Å². The monoisotopic (exact) mass is 341 g/mol. The van der Waals surface area contributed by atoms with Crippen molar-refractivity contribution in [3.8, 4) is 5.75 Å². The second-order valence-corrected chi connectivity index (χ2v) is 6.11. The Kier molecular flexibility index (Phi) is 4.15. The molecule has 1 saturated heterocycles. The first-order valence-electron chi connectivity index (χ1n) is 8.25. The fourth-order valence-corrected chi connectivity index (χ4v) is 3.07. The van der Waals surface area contributed by atoms with Crippen molar-refractivity contribution in [2.24, 2.45) is 0 Å². The average molecular weight is 341 g/mol. The van der Waals surface area contributed by atoms with Crippen LogP contribution in [0.1, 0.15) is 28.3 Å². The molecule has 1 fully saturated rings. The van der Waals surface area contributed by atoms with Gasteiger partial charge < -0.3 is 24.2 Å². The van der Waals surface area contributed by atoms with E-state index in [1.165, 1.54) is 6.39 Å². The van der Waals surface area contributed by atoms with Gasteiger partial charge in [-0.3, -0.25) is 4.79 Å². The van der Waals surface area contributed by atoms with Crippen LogP contribution in [0.5, 0.6) is 5.75 Å². The van der Waals surface area contributed by atoms with E-state index in [0.717, 1.165) is 24.9 Å². The highest BCUT2D eigenvalue weighted by atomic mass is 16.5. The van der Waals surface area contributed by atoms with Crippen molar-refractivity contribution < 1.29 is 18.4 Å². The van der Waals surface area contributed by atoms with Crippen LogP contribution >= 0.6 is 0 Å². The molecule has 0 saturated carbocycles. The van der Waals surface area contributed by atoms with E-state index in [4.69, 9.17) is 13.6 Å². The van der Waals surface area contributed by atoms with Crippen LogP contribution in [0.4, 0.5) is 0 Å². The minimum atomic E-state index is -0.114. The number of hydrogen-bond acceptors (Lipinski definition) is 6. The number of nitrogens with zero attached hydrogens (tertiary/aromatic N) is 1. The number of nitrogens with one attached hydrogen (secondary N) is 2. The summed E-state index contributed by atoms with van der Waals surface area (Å²) in [6.07, 6.45) is 3.91. The Morgan fingerprint density at radius 2 is 2.40 bits per heavy atom. The molecule has 0 spiro atoms. The molecular weight excluding hydrogens is 322 g/mol. The summed E-state index contributed by atoms with van der Waals surface area (Å²) >= 11 is 0. The summed E-state index contributed by atoms with van der Waals surface area (Å²) in [6.45, 7) is 3.80. The quantitative estimate of drug-likeness (QED) is 0.741. The van der Waals surface area contributed by atoms with Crippen LogP contribution in [0.3, 0.4) is 0 Å². The molecular formula is C18H19N3O4. The van der Waals surface area contributed by atoms with Gasteiger partial charge in [-0.2, -0.15) is 0 Å². The number of amides is 1. The molecule has 1 aromatic carbocycles. The Hall–Kier alpha value is -2.80. The SMILES string of the molecule is Cc1oc2ccc(OCc3cnco3)cc2c1C(=O)NC1CCNC1. The lowest BCUT2D eigenvalue weighted by Crippen LogP contribution is -2.36. The zero-order valence-corrected chi connectivity index (χ0v) is 13.9. The van der Waals surface area contributed by atoms with Gasteiger partial charge in [-0.25, -0.2) is 4.98 Å². The number of ether oxygens (including phenoxy) is 1. The van der Waals surface area contributed by atoms with Crippen LogP contribution < -0.4 is 15.4 Å². The number of aromatic nitrogens is 1. The number of carbonyl (C=O) groups excluding carboxylic acids is 1. The molecule has 3 aromatic rings. The molecule has 2 N–H and O–H groups in total. The number of hydrogen-bond donors (Lipinski definition) is 2. The van der Waals surface area contributed by atoms with Gasteiger partial charge in [-0.1, -0.05) is 0 Å². The van der Waals surface area contributed by atoms with E-state index >= 15 is 0 Å². The number of oxazole rings is 1. The van der Waals surface area contributed by atoms with Crippen LogP contribution in [-0.4, -0.2) is 30.0 Å². The smallest absolute Gasteiger partial charge is 0.255 e. The van der Waals surface area contributed by atoms with Crippen LogP contribution in [0.25, 0.3) is 11.0 Å². The summed E-state index contributed by atoms with van der Waals surface area (Å²) in [5.74, 6) is 1.76. The second kappa shape index (κ2) is 6.60. The molecule has 2 aromatic heterocycles. The fourth-order valence-electron chi connectivity index (χ4n) is 3.07. The lowest BCUT2D eigenvalue weighted by atomic mass is 10.1. The van der Waals surface area contributed by atoms with E-state index in [-0.39, 0.29) is 18.6 Å². The summed E-state index contributed by atoms with van der Waals surface area (Å²) in [7, 11) is 0. The van der Waals surface area contributed by atoms with Crippen LogP contribution in [0.15, 0.2) is 39.6 Å². The number of rotatable bonds is 5. The van der Waals surface area contributed by atoms with Gasteiger partial charge in [0, 0.05) is 18.0 Å². The maximum absolute atomic E-state index is 12.7. The zero-order chi connectivity index (χ0) is 17.2. The van der Waals surface area contributed by atoms with Gasteiger partial charge in [0.05, 0.1) is 11.8 Å². The van der Waals surface area contributed by atoms with E-state index in [0.29, 0.717) is 28.4 Å². The molecule has 0 radical (unpaired) electrons. The van der Waals surface area contributed by atoms with Crippen LogP contribution in [0.2, 0.25) is 0 Å². The largest absolute Gasteiger partial charge is 0.486 e. The highest BCUT2D eigenvalue weighted by Gasteiger charge is 2.23. The Morgan fingerprint density at radius 1 is 1.48 bits per heavy atom. The topological polar surface area (TPSA) is 89.5 Å². The summed E-state index contributed by atoms with van der Waals surface area (Å²) < 4.78 is 16.6. The van der Waals surface area contributed by atoms with Crippen molar-refractivity contribution in [3.63, 3.8) is 0 Å². The molecule has 7 heteroatoms. The first-order valence-corrected chi connectivity index (χ1v) is 8.25. The lowest BCUT2D eigenvalue weighted by Gasteiger charge is -2.11. The first-order chi connectivity index (χ1) is 12.2. The fraction of sp³-hybridized carbons (Fsp3) is 0.333. The van der Waals surface area contributed by atoms with Crippen LogP contribution in [-0.2, 0) is 6.61 Å². The van der Waals surface area contributed by atoms with Crippen molar-refractivity contribution >= 4 is 16.9 Å². The van der Waals surface area contributed by atoms with Gasteiger partial charge in [0.1, 0.15) is 23.7 Å². The molecule has 0 aliphatic carbocycles. The van der Waals surface area contributed by atoms with Crippen molar-refractivity contribution in [3.05, 3.63) is 47.9 Å². The molecule has 7 nitrogen and oxygen atoms in total. The standard InChI is InChI=1S/C18H19N3O4/c1-11-17(18(22)21-12-4-5-19-7-12)15-6-13(2-3-16(15)25-11)23-9-14-8-20-10-24-14/h2-3,6,8,10,12,19H,4-5,7,9H2,1H3,(H,21,22). The van der Waals surface area contributed by atoms with E-state index < -0.39 is 0 Å². The molecule has 130 valence electrons. The summed E-state index contributed by atoms with van der Waals surface area (Å²) in [5, 5.41) is 7.05. The maximum atomic E-state index is 12.7. The minimum absolute atomic E-state index is 0.114. The molecule has 4 rings (SSSR count). The summed E-state index contributed by atoms with van der Waals surface area (Å²) in [4.78, 5) is 16.5. The first kappa shape index (κ1) is 15.7. The predicted octanol–water partition coefficient (Wildman–Crippen LogP) is 2.40. The summed E-state index contributed by atoms with van der Waals surface area (Å²) in [5.41, 5.74) is 1.23. The van der Waals surface area contributed by atoms with Gasteiger partial charge in [0.15, 0.2) is 12.2 Å². The van der Waals surface area contributed by atoms with E-state index in [2.05, 4.69) is 15.6 Å². The van der Waals surface area contributed by atoms with E-state index in [9.17, 15) is 4.79 Å². The maximum Gasteiger partial charge on any atom is 0.255 e. The summed E-state index contributed by atoms with van der Waals surface area (Å²) in [6, 6.07) is 5.60. The third-order valence-corrected chi connectivity index (χ3v) is 4.32. The molecule has 1 atom stereocenters. The highest BCUT2D eigenvalue weighted by Crippen LogP contribution is 2.29. The average Bonchev–Trinajstić information content (AvgIpc) is 3.33. The molecule has 1 amide bonds. The Morgan fingerprint density at radius 3 is 3.16 bits per heavy atom. The van der Waals surface area contributed by atoms with E-state index in [1.807, 2.05) is 18.2 Å². The Labute approximate surface area is 144 Å². The number of fused-ring (bicyclic) bond motifs is 1. The van der Waals surface area contributed by atoms with Gasteiger partial charge in [0.25, 0.3) is 5.91 Å².